The van der Waals surface area contributed by atoms with Gasteiger partial charge in [-0.25, -0.2) is 0 Å². The topological polar surface area (TPSA) is 83.8 Å². The third kappa shape index (κ3) is 4.29. The second kappa shape index (κ2) is 5.11. The number of carbonyl (C=O) groups excluding carboxylic acids is 1. The third-order valence-electron chi connectivity index (χ3n) is 2.53. The van der Waals surface area contributed by atoms with Crippen LogP contribution in [0.5, 0.6) is 0 Å². The van der Waals surface area contributed by atoms with E-state index in [9.17, 15) is 14.7 Å². The number of aliphatic carboxylic acids is 1. The lowest BCUT2D eigenvalue weighted by molar-refractivity contribution is -0.151. The number of ether oxygens (including phenoxy) is 1. The SMILES string of the molecule is CC(=O)OC1C[C@H](O)C[C@H](CC(=O)O)C1. The van der Waals surface area contributed by atoms with Crippen molar-refractivity contribution in [3.63, 3.8) is 0 Å². The van der Waals surface area contributed by atoms with Crippen molar-refractivity contribution in [1.82, 2.24) is 0 Å². The fourth-order valence-electron chi connectivity index (χ4n) is 2.09. The maximum atomic E-state index is 10.7. The number of hydrogen-bond acceptors (Lipinski definition) is 4. The number of rotatable bonds is 3. The molecular formula is C10H16O5. The van der Waals surface area contributed by atoms with E-state index in [1.54, 1.807) is 0 Å². The predicted octanol–water partition coefficient (Wildman–Crippen LogP) is 0.554. The Kier molecular flexibility index (Phi) is 4.08. The van der Waals surface area contributed by atoms with Crippen LogP contribution in [0.1, 0.15) is 32.6 Å². The zero-order chi connectivity index (χ0) is 11.4. The van der Waals surface area contributed by atoms with Crippen LogP contribution < -0.4 is 0 Å². The smallest absolute Gasteiger partial charge is 0.303 e. The number of esters is 1. The quantitative estimate of drug-likeness (QED) is 0.673. The lowest BCUT2D eigenvalue weighted by Gasteiger charge is -2.31. The Hall–Kier alpha value is -1.10. The molecule has 0 aromatic carbocycles. The van der Waals surface area contributed by atoms with Gasteiger partial charge >= 0.3 is 11.9 Å². The Balaban J connectivity index is 2.47. The molecule has 0 radical (unpaired) electrons. The molecule has 0 amide bonds. The molecule has 5 heteroatoms. The largest absolute Gasteiger partial charge is 0.481 e. The minimum atomic E-state index is -0.879. The minimum Gasteiger partial charge on any atom is -0.481 e. The van der Waals surface area contributed by atoms with Crippen molar-refractivity contribution in [2.24, 2.45) is 5.92 Å². The summed E-state index contributed by atoms with van der Waals surface area (Å²) in [6.45, 7) is 1.31. The van der Waals surface area contributed by atoms with E-state index in [4.69, 9.17) is 9.84 Å². The van der Waals surface area contributed by atoms with E-state index < -0.39 is 12.1 Å². The second-order valence-electron chi connectivity index (χ2n) is 4.06. The van der Waals surface area contributed by atoms with E-state index in [2.05, 4.69) is 0 Å². The van der Waals surface area contributed by atoms with Crippen molar-refractivity contribution in [2.45, 2.75) is 44.8 Å². The van der Waals surface area contributed by atoms with Gasteiger partial charge in [0.1, 0.15) is 6.10 Å². The molecule has 0 spiro atoms. The van der Waals surface area contributed by atoms with Gasteiger partial charge in [-0.15, -0.1) is 0 Å². The van der Waals surface area contributed by atoms with Crippen molar-refractivity contribution < 1.29 is 24.5 Å². The zero-order valence-electron chi connectivity index (χ0n) is 8.68. The summed E-state index contributed by atoms with van der Waals surface area (Å²) in [6.07, 6.45) is 0.542. The average molecular weight is 216 g/mol. The molecule has 0 aromatic rings. The number of aliphatic hydroxyl groups excluding tert-OH is 1. The normalized spacial score (nSPS) is 30.9. The van der Waals surface area contributed by atoms with E-state index in [1.807, 2.05) is 0 Å². The highest BCUT2D eigenvalue weighted by atomic mass is 16.5. The number of carbonyl (C=O) groups is 2. The van der Waals surface area contributed by atoms with E-state index in [0.717, 1.165) is 0 Å². The molecule has 5 nitrogen and oxygen atoms in total. The second-order valence-corrected chi connectivity index (χ2v) is 4.06. The van der Waals surface area contributed by atoms with Crippen molar-refractivity contribution in [1.29, 1.82) is 0 Å². The molecule has 3 atom stereocenters. The van der Waals surface area contributed by atoms with Gasteiger partial charge in [0.2, 0.25) is 0 Å². The van der Waals surface area contributed by atoms with E-state index in [0.29, 0.717) is 19.3 Å². The van der Waals surface area contributed by atoms with Gasteiger partial charge in [0.15, 0.2) is 0 Å². The maximum Gasteiger partial charge on any atom is 0.303 e. The molecule has 0 bridgehead atoms. The molecule has 1 aliphatic carbocycles. The summed E-state index contributed by atoms with van der Waals surface area (Å²) in [5.41, 5.74) is 0. The van der Waals surface area contributed by atoms with Gasteiger partial charge < -0.3 is 14.9 Å². The van der Waals surface area contributed by atoms with Crippen LogP contribution in [-0.4, -0.2) is 34.4 Å². The molecule has 1 rings (SSSR count). The fraction of sp³-hybridized carbons (Fsp3) is 0.800. The highest BCUT2D eigenvalue weighted by Crippen LogP contribution is 2.29. The first-order valence-corrected chi connectivity index (χ1v) is 5.04. The fourth-order valence-corrected chi connectivity index (χ4v) is 2.09. The van der Waals surface area contributed by atoms with Crippen LogP contribution in [0, 0.1) is 5.92 Å². The van der Waals surface area contributed by atoms with Gasteiger partial charge in [0, 0.05) is 19.8 Å². The molecule has 2 N–H and O–H groups in total. The van der Waals surface area contributed by atoms with Crippen LogP contribution in [0.4, 0.5) is 0 Å². The third-order valence-corrected chi connectivity index (χ3v) is 2.53. The summed E-state index contributed by atoms with van der Waals surface area (Å²) in [7, 11) is 0. The molecule has 0 heterocycles. The number of carboxylic acid groups (broad SMARTS) is 1. The first kappa shape index (κ1) is 12.0. The highest BCUT2D eigenvalue weighted by Gasteiger charge is 2.30. The summed E-state index contributed by atoms with van der Waals surface area (Å²) in [6, 6.07) is 0. The molecule has 0 saturated heterocycles. The van der Waals surface area contributed by atoms with Crippen LogP contribution in [0.3, 0.4) is 0 Å². The van der Waals surface area contributed by atoms with Crippen LogP contribution in [-0.2, 0) is 14.3 Å². The van der Waals surface area contributed by atoms with E-state index in [1.165, 1.54) is 6.92 Å². The van der Waals surface area contributed by atoms with Gasteiger partial charge in [0.25, 0.3) is 0 Å². The Morgan fingerprint density at radius 2 is 2.00 bits per heavy atom. The summed E-state index contributed by atoms with van der Waals surface area (Å²) >= 11 is 0. The first-order valence-electron chi connectivity index (χ1n) is 5.04. The Morgan fingerprint density at radius 1 is 1.33 bits per heavy atom. The lowest BCUT2D eigenvalue weighted by atomic mass is 9.83. The van der Waals surface area contributed by atoms with Crippen LogP contribution in [0.25, 0.3) is 0 Å². The monoisotopic (exact) mass is 216 g/mol. The van der Waals surface area contributed by atoms with E-state index >= 15 is 0 Å². The molecule has 1 unspecified atom stereocenters. The number of aliphatic hydroxyl groups is 1. The molecular weight excluding hydrogens is 200 g/mol. The molecule has 15 heavy (non-hydrogen) atoms. The Labute approximate surface area is 88.0 Å². The number of carboxylic acids is 1. The summed E-state index contributed by atoms with van der Waals surface area (Å²) in [5.74, 6) is -1.37. The Morgan fingerprint density at radius 3 is 2.53 bits per heavy atom. The van der Waals surface area contributed by atoms with Gasteiger partial charge in [-0.1, -0.05) is 0 Å². The Bertz CT molecular complexity index is 226. The maximum absolute atomic E-state index is 10.7. The lowest BCUT2D eigenvalue weighted by Crippen LogP contribution is -2.33. The minimum absolute atomic E-state index is 0.0226. The van der Waals surface area contributed by atoms with E-state index in [-0.39, 0.29) is 24.4 Å². The molecule has 1 fully saturated rings. The van der Waals surface area contributed by atoms with Gasteiger partial charge in [-0.3, -0.25) is 9.59 Å². The van der Waals surface area contributed by atoms with Crippen molar-refractivity contribution in [3.05, 3.63) is 0 Å². The standard InChI is InChI=1S/C10H16O5/c1-6(11)15-9-3-7(4-10(13)14)2-8(12)5-9/h7-9,12H,2-5H2,1H3,(H,13,14)/t7-,8+,9?/m0/s1. The zero-order valence-corrected chi connectivity index (χ0v) is 8.68. The average Bonchev–Trinajstić information content (AvgIpc) is 1.98. The first-order chi connectivity index (χ1) is 6.97. The van der Waals surface area contributed by atoms with Crippen molar-refractivity contribution in [3.8, 4) is 0 Å². The van der Waals surface area contributed by atoms with Crippen LogP contribution in [0.15, 0.2) is 0 Å². The molecule has 1 aliphatic rings. The van der Waals surface area contributed by atoms with Crippen molar-refractivity contribution in [2.75, 3.05) is 0 Å². The molecule has 0 aliphatic heterocycles. The molecule has 86 valence electrons. The summed E-state index contributed by atoms with van der Waals surface area (Å²) in [5, 5.41) is 18.1. The molecule has 1 saturated carbocycles. The van der Waals surface area contributed by atoms with Gasteiger partial charge in [-0.05, 0) is 18.8 Å². The number of hydrogen-bond donors (Lipinski definition) is 2. The van der Waals surface area contributed by atoms with Crippen LogP contribution >= 0.6 is 0 Å². The van der Waals surface area contributed by atoms with Gasteiger partial charge in [0.05, 0.1) is 6.10 Å². The highest BCUT2D eigenvalue weighted by molar-refractivity contribution is 5.67. The predicted molar refractivity (Wildman–Crippen MR) is 51.2 cm³/mol. The van der Waals surface area contributed by atoms with Gasteiger partial charge in [-0.2, -0.15) is 0 Å². The van der Waals surface area contributed by atoms with Crippen LogP contribution in [0.2, 0.25) is 0 Å². The summed E-state index contributed by atoms with van der Waals surface area (Å²) in [4.78, 5) is 21.2. The van der Waals surface area contributed by atoms with Crippen molar-refractivity contribution >= 4 is 11.9 Å². The molecule has 0 aromatic heterocycles. The summed E-state index contributed by atoms with van der Waals surface area (Å²) < 4.78 is 4.98.